The molecule has 25 heavy (non-hydrogen) atoms. The number of aromatic nitrogens is 2. The number of rotatable bonds is 4. The smallest absolute Gasteiger partial charge is 0.338 e. The first kappa shape index (κ1) is 18.0. The Balaban J connectivity index is 1.50. The molecule has 1 aromatic heterocycles. The van der Waals surface area contributed by atoms with E-state index in [1.54, 1.807) is 10.9 Å². The summed E-state index contributed by atoms with van der Waals surface area (Å²) in [6.45, 7) is 6.05. The molecule has 0 radical (unpaired) electrons. The Morgan fingerprint density at radius 2 is 1.76 bits per heavy atom. The van der Waals surface area contributed by atoms with Crippen LogP contribution >= 0.6 is 0 Å². The number of piperidine rings is 1. The van der Waals surface area contributed by atoms with Gasteiger partial charge in [-0.25, -0.2) is 4.79 Å². The maximum Gasteiger partial charge on any atom is 0.338 e. The van der Waals surface area contributed by atoms with Crippen LogP contribution < -0.4 is 0 Å². The number of carbonyl (C=O) groups excluding carboxylic acids is 1. The van der Waals surface area contributed by atoms with E-state index in [4.69, 9.17) is 5.11 Å². The third kappa shape index (κ3) is 4.05. The summed E-state index contributed by atoms with van der Waals surface area (Å²) in [6.07, 6.45) is 9.09. The molecule has 1 saturated carbocycles. The number of likely N-dealkylation sites (tertiary alicyclic amines) is 1. The summed E-state index contributed by atoms with van der Waals surface area (Å²) in [5.41, 5.74) is 0.223. The molecule has 1 saturated heterocycles. The van der Waals surface area contributed by atoms with Crippen LogP contribution in [-0.4, -0.2) is 44.8 Å². The molecule has 0 atom stereocenters. The van der Waals surface area contributed by atoms with Crippen molar-refractivity contribution < 1.29 is 14.7 Å². The standard InChI is InChI=1S/C19H29N3O3/c1-13(2)14-3-5-15(6-4-14)18(23)21-9-7-17(8-10-21)22-12-16(11-20-22)19(24)25/h11-15,17H,3-10H2,1-2H3,(H,24,25). The molecule has 2 aliphatic rings. The van der Waals surface area contributed by atoms with E-state index in [2.05, 4.69) is 18.9 Å². The van der Waals surface area contributed by atoms with E-state index >= 15 is 0 Å². The third-order valence-corrected chi connectivity index (χ3v) is 6.06. The van der Waals surface area contributed by atoms with Crippen molar-refractivity contribution in [3.63, 3.8) is 0 Å². The summed E-state index contributed by atoms with van der Waals surface area (Å²) in [6, 6.07) is 0.189. The number of nitrogens with zero attached hydrogens (tertiary/aromatic N) is 3. The lowest BCUT2D eigenvalue weighted by Crippen LogP contribution is -2.43. The lowest BCUT2D eigenvalue weighted by Gasteiger charge is -2.37. The Morgan fingerprint density at radius 1 is 1.12 bits per heavy atom. The third-order valence-electron chi connectivity index (χ3n) is 6.06. The summed E-state index contributed by atoms with van der Waals surface area (Å²) in [5.74, 6) is 1.08. The zero-order chi connectivity index (χ0) is 18.0. The molecule has 0 spiro atoms. The number of aromatic carboxylic acids is 1. The zero-order valence-electron chi connectivity index (χ0n) is 15.2. The lowest BCUT2D eigenvalue weighted by molar-refractivity contribution is -0.138. The molecule has 1 aliphatic heterocycles. The van der Waals surface area contributed by atoms with Gasteiger partial charge in [-0.05, 0) is 50.4 Å². The second-order valence-corrected chi connectivity index (χ2v) is 7.93. The zero-order valence-corrected chi connectivity index (χ0v) is 15.2. The SMILES string of the molecule is CC(C)C1CCC(C(=O)N2CCC(n3cc(C(=O)O)cn3)CC2)CC1. The largest absolute Gasteiger partial charge is 0.478 e. The number of hydrogen-bond donors (Lipinski definition) is 1. The monoisotopic (exact) mass is 347 g/mol. The van der Waals surface area contributed by atoms with Gasteiger partial charge in [-0.15, -0.1) is 0 Å². The minimum absolute atomic E-state index is 0.189. The van der Waals surface area contributed by atoms with E-state index in [0.717, 1.165) is 50.6 Å². The number of hydrogen-bond acceptors (Lipinski definition) is 3. The predicted molar refractivity (Wildman–Crippen MR) is 94.3 cm³/mol. The number of amides is 1. The maximum absolute atomic E-state index is 12.8. The van der Waals surface area contributed by atoms with Crippen LogP contribution in [0.15, 0.2) is 12.4 Å². The Bertz CT molecular complexity index is 609. The van der Waals surface area contributed by atoms with Gasteiger partial charge >= 0.3 is 5.97 Å². The average Bonchev–Trinajstić information content (AvgIpc) is 3.12. The molecule has 3 rings (SSSR count). The van der Waals surface area contributed by atoms with Gasteiger partial charge in [0.25, 0.3) is 0 Å². The second kappa shape index (κ2) is 7.58. The van der Waals surface area contributed by atoms with Crippen molar-refractivity contribution in [3.05, 3.63) is 18.0 Å². The highest BCUT2D eigenvalue weighted by molar-refractivity contribution is 5.86. The number of carboxylic acids is 1. The van der Waals surface area contributed by atoms with Crippen molar-refractivity contribution >= 4 is 11.9 Å². The van der Waals surface area contributed by atoms with Gasteiger partial charge in [0.05, 0.1) is 17.8 Å². The van der Waals surface area contributed by atoms with E-state index in [0.29, 0.717) is 5.91 Å². The van der Waals surface area contributed by atoms with Gasteiger partial charge in [0.15, 0.2) is 0 Å². The van der Waals surface area contributed by atoms with Crippen molar-refractivity contribution in [1.29, 1.82) is 0 Å². The molecule has 138 valence electrons. The van der Waals surface area contributed by atoms with E-state index in [-0.39, 0.29) is 17.5 Å². The van der Waals surface area contributed by atoms with Crippen LogP contribution in [0.1, 0.15) is 68.8 Å². The summed E-state index contributed by atoms with van der Waals surface area (Å²) < 4.78 is 1.75. The van der Waals surface area contributed by atoms with Gasteiger partial charge in [-0.2, -0.15) is 5.10 Å². The van der Waals surface area contributed by atoms with Gasteiger partial charge in [0.2, 0.25) is 5.91 Å². The van der Waals surface area contributed by atoms with Crippen molar-refractivity contribution in [3.8, 4) is 0 Å². The fraction of sp³-hybridized carbons (Fsp3) is 0.737. The van der Waals surface area contributed by atoms with E-state index < -0.39 is 5.97 Å². The average molecular weight is 347 g/mol. The first-order valence-electron chi connectivity index (χ1n) is 9.52. The van der Waals surface area contributed by atoms with Crippen molar-refractivity contribution in [2.24, 2.45) is 17.8 Å². The molecule has 2 fully saturated rings. The van der Waals surface area contributed by atoms with Gasteiger partial charge < -0.3 is 10.0 Å². The highest BCUT2D eigenvalue weighted by Crippen LogP contribution is 2.35. The number of carbonyl (C=O) groups is 2. The minimum atomic E-state index is -0.948. The van der Waals surface area contributed by atoms with Gasteiger partial charge in [0.1, 0.15) is 0 Å². The van der Waals surface area contributed by atoms with E-state index in [1.165, 1.54) is 19.0 Å². The van der Waals surface area contributed by atoms with Crippen LogP contribution in [0.25, 0.3) is 0 Å². The van der Waals surface area contributed by atoms with Crippen molar-refractivity contribution in [2.45, 2.75) is 58.4 Å². The van der Waals surface area contributed by atoms with Crippen LogP contribution in [0.5, 0.6) is 0 Å². The second-order valence-electron chi connectivity index (χ2n) is 7.93. The van der Waals surface area contributed by atoms with Crippen molar-refractivity contribution in [1.82, 2.24) is 14.7 Å². The first-order valence-corrected chi connectivity index (χ1v) is 9.52. The molecule has 0 unspecified atom stereocenters. The molecule has 1 amide bonds. The molecular weight excluding hydrogens is 318 g/mol. The van der Waals surface area contributed by atoms with Gasteiger partial charge in [-0.3, -0.25) is 9.48 Å². The minimum Gasteiger partial charge on any atom is -0.478 e. The Morgan fingerprint density at radius 3 is 2.28 bits per heavy atom. The van der Waals surface area contributed by atoms with E-state index in [1.807, 2.05) is 4.90 Å². The fourth-order valence-corrected chi connectivity index (χ4v) is 4.29. The summed E-state index contributed by atoms with van der Waals surface area (Å²) in [7, 11) is 0. The predicted octanol–water partition coefficient (Wildman–Crippen LogP) is 3.21. The van der Waals surface area contributed by atoms with Crippen LogP contribution in [0.4, 0.5) is 0 Å². The Hall–Kier alpha value is -1.85. The van der Waals surface area contributed by atoms with Gasteiger partial charge in [0, 0.05) is 25.2 Å². The lowest BCUT2D eigenvalue weighted by atomic mass is 9.76. The van der Waals surface area contributed by atoms with Crippen LogP contribution in [0.2, 0.25) is 0 Å². The highest BCUT2D eigenvalue weighted by atomic mass is 16.4. The Kier molecular flexibility index (Phi) is 5.45. The molecule has 1 aliphatic carbocycles. The molecular formula is C19H29N3O3. The quantitative estimate of drug-likeness (QED) is 0.907. The van der Waals surface area contributed by atoms with Crippen LogP contribution in [0.3, 0.4) is 0 Å². The molecule has 0 aromatic carbocycles. The summed E-state index contributed by atoms with van der Waals surface area (Å²) in [4.78, 5) is 25.8. The van der Waals surface area contributed by atoms with E-state index in [9.17, 15) is 9.59 Å². The van der Waals surface area contributed by atoms with Crippen LogP contribution in [-0.2, 0) is 4.79 Å². The van der Waals surface area contributed by atoms with Crippen molar-refractivity contribution in [2.75, 3.05) is 13.1 Å². The molecule has 6 nitrogen and oxygen atoms in total. The normalized spacial score (nSPS) is 25.3. The Labute approximate surface area is 149 Å². The molecule has 6 heteroatoms. The molecule has 1 aromatic rings. The highest BCUT2D eigenvalue weighted by Gasteiger charge is 2.32. The number of carboxylic acid groups (broad SMARTS) is 1. The topological polar surface area (TPSA) is 75.4 Å². The molecule has 1 N–H and O–H groups in total. The van der Waals surface area contributed by atoms with Gasteiger partial charge in [-0.1, -0.05) is 13.8 Å². The fourth-order valence-electron chi connectivity index (χ4n) is 4.29. The van der Waals surface area contributed by atoms with Crippen LogP contribution in [0, 0.1) is 17.8 Å². The summed E-state index contributed by atoms with van der Waals surface area (Å²) in [5, 5.41) is 13.2. The summed E-state index contributed by atoms with van der Waals surface area (Å²) >= 11 is 0. The molecule has 0 bridgehead atoms. The molecule has 2 heterocycles. The maximum atomic E-state index is 12.8. The first-order chi connectivity index (χ1) is 12.0.